The van der Waals surface area contributed by atoms with Gasteiger partial charge in [-0.1, -0.05) is 0 Å². The highest BCUT2D eigenvalue weighted by molar-refractivity contribution is 7.99. The first-order valence-corrected chi connectivity index (χ1v) is 5.55. The summed E-state index contributed by atoms with van der Waals surface area (Å²) in [6, 6.07) is 0. The van der Waals surface area contributed by atoms with Crippen molar-refractivity contribution in [3.63, 3.8) is 0 Å². The van der Waals surface area contributed by atoms with Crippen LogP contribution in [0.4, 0.5) is 5.82 Å². The van der Waals surface area contributed by atoms with E-state index in [1.165, 1.54) is 18.1 Å². The van der Waals surface area contributed by atoms with Gasteiger partial charge in [-0.15, -0.1) is 5.10 Å². The molecule has 17 heavy (non-hydrogen) atoms. The van der Waals surface area contributed by atoms with E-state index in [1.807, 2.05) is 0 Å². The molecular formula is C8H11N7OS. The first-order valence-electron chi connectivity index (χ1n) is 4.73. The Morgan fingerprint density at radius 1 is 1.41 bits per heavy atom. The van der Waals surface area contributed by atoms with Gasteiger partial charge in [-0.2, -0.15) is 0 Å². The van der Waals surface area contributed by atoms with E-state index in [0.29, 0.717) is 21.7 Å². The molecular weight excluding hydrogens is 242 g/mol. The second kappa shape index (κ2) is 4.95. The van der Waals surface area contributed by atoms with E-state index in [9.17, 15) is 0 Å². The molecule has 0 spiro atoms. The number of aromatic nitrogens is 6. The van der Waals surface area contributed by atoms with Crippen molar-refractivity contribution in [2.24, 2.45) is 7.05 Å². The maximum absolute atomic E-state index is 5.27. The summed E-state index contributed by atoms with van der Waals surface area (Å²) in [5.41, 5.74) is 0. The lowest BCUT2D eigenvalue weighted by Crippen LogP contribution is -2.01. The van der Waals surface area contributed by atoms with Crippen LogP contribution in [-0.2, 0) is 7.05 Å². The van der Waals surface area contributed by atoms with Crippen molar-refractivity contribution < 1.29 is 4.74 Å². The molecule has 9 heteroatoms. The van der Waals surface area contributed by atoms with Gasteiger partial charge in [-0.25, -0.2) is 14.6 Å². The minimum absolute atomic E-state index is 0.572. The lowest BCUT2D eigenvalue weighted by Gasteiger charge is -2.09. The number of methoxy groups -OCH3 is 1. The number of ether oxygens (including phenoxy) is 1. The molecule has 1 N–H and O–H groups in total. The summed E-state index contributed by atoms with van der Waals surface area (Å²) in [4.78, 5) is 8.21. The molecule has 2 rings (SSSR count). The first kappa shape index (κ1) is 11.6. The maximum Gasteiger partial charge on any atom is 0.215 e. The number of hydrogen-bond acceptors (Lipinski definition) is 8. The van der Waals surface area contributed by atoms with Crippen LogP contribution in [0.15, 0.2) is 16.5 Å². The molecule has 90 valence electrons. The Morgan fingerprint density at radius 2 is 2.24 bits per heavy atom. The molecule has 0 radical (unpaired) electrons. The van der Waals surface area contributed by atoms with Crippen LogP contribution in [0.3, 0.4) is 0 Å². The summed E-state index contributed by atoms with van der Waals surface area (Å²) in [6.45, 7) is 0. The zero-order valence-electron chi connectivity index (χ0n) is 9.58. The van der Waals surface area contributed by atoms with Gasteiger partial charge in [0.2, 0.25) is 5.16 Å². The second-order valence-corrected chi connectivity index (χ2v) is 3.95. The molecule has 0 bridgehead atoms. The number of anilines is 1. The fraction of sp³-hybridized carbons (Fsp3) is 0.375. The minimum Gasteiger partial charge on any atom is -0.490 e. The van der Waals surface area contributed by atoms with Crippen LogP contribution < -0.4 is 10.1 Å². The van der Waals surface area contributed by atoms with Gasteiger partial charge in [0.25, 0.3) is 0 Å². The van der Waals surface area contributed by atoms with Gasteiger partial charge in [-0.3, -0.25) is 0 Å². The first-order chi connectivity index (χ1) is 8.26. The molecule has 0 amide bonds. The Hall–Kier alpha value is -1.90. The van der Waals surface area contributed by atoms with Crippen molar-refractivity contribution in [1.29, 1.82) is 0 Å². The fourth-order valence-electron chi connectivity index (χ4n) is 1.19. The molecule has 0 atom stereocenters. The zero-order chi connectivity index (χ0) is 12.3. The van der Waals surface area contributed by atoms with Gasteiger partial charge >= 0.3 is 0 Å². The van der Waals surface area contributed by atoms with Crippen molar-refractivity contribution in [1.82, 2.24) is 30.2 Å². The van der Waals surface area contributed by atoms with Crippen molar-refractivity contribution in [3.8, 4) is 5.75 Å². The van der Waals surface area contributed by atoms with E-state index in [1.54, 1.807) is 25.9 Å². The monoisotopic (exact) mass is 253 g/mol. The summed E-state index contributed by atoms with van der Waals surface area (Å²) in [5.74, 6) is 1.20. The third kappa shape index (κ3) is 2.28. The average molecular weight is 253 g/mol. The van der Waals surface area contributed by atoms with Gasteiger partial charge < -0.3 is 10.1 Å². The number of aryl methyl sites for hydroxylation is 1. The number of tetrazole rings is 1. The molecule has 0 aliphatic rings. The highest BCUT2D eigenvalue weighted by Crippen LogP contribution is 2.34. The molecule has 2 aromatic heterocycles. The summed E-state index contributed by atoms with van der Waals surface area (Å²) in [7, 11) is 5.09. The Balaban J connectivity index is 2.36. The molecule has 2 heterocycles. The van der Waals surface area contributed by atoms with Crippen molar-refractivity contribution in [2.45, 2.75) is 10.2 Å². The standard InChI is InChI=1S/C8H11N7OS/c1-9-6-5(16-3)7(11-4-10-6)17-8-12-13-14-15(8)2/h4H,1-3H3,(H,9,10,11). The van der Waals surface area contributed by atoms with Crippen molar-refractivity contribution in [2.75, 3.05) is 19.5 Å². The molecule has 0 saturated heterocycles. The number of nitrogens with one attached hydrogen (secondary N) is 1. The number of nitrogens with zero attached hydrogens (tertiary/aromatic N) is 6. The average Bonchev–Trinajstić information content (AvgIpc) is 2.74. The van der Waals surface area contributed by atoms with Crippen LogP contribution in [0, 0.1) is 0 Å². The predicted octanol–water partition coefficient (Wildman–Crippen LogP) is 0.202. The zero-order valence-corrected chi connectivity index (χ0v) is 10.4. The number of hydrogen-bond donors (Lipinski definition) is 1. The van der Waals surface area contributed by atoms with Gasteiger partial charge in [0, 0.05) is 14.1 Å². The Morgan fingerprint density at radius 3 is 2.82 bits per heavy atom. The van der Waals surface area contributed by atoms with E-state index in [4.69, 9.17) is 4.74 Å². The molecule has 2 aromatic rings. The van der Waals surface area contributed by atoms with Crippen molar-refractivity contribution in [3.05, 3.63) is 6.33 Å². The largest absolute Gasteiger partial charge is 0.490 e. The Kier molecular flexibility index (Phi) is 3.38. The van der Waals surface area contributed by atoms with Crippen LogP contribution in [0.5, 0.6) is 5.75 Å². The SMILES string of the molecule is CNc1ncnc(Sc2nnnn2C)c1OC. The molecule has 0 aliphatic carbocycles. The van der Waals surface area contributed by atoms with Gasteiger partial charge in [0.15, 0.2) is 16.6 Å². The van der Waals surface area contributed by atoms with E-state index in [0.717, 1.165) is 0 Å². The third-order valence-electron chi connectivity index (χ3n) is 1.98. The summed E-state index contributed by atoms with van der Waals surface area (Å²) in [6.07, 6.45) is 1.46. The molecule has 0 aliphatic heterocycles. The van der Waals surface area contributed by atoms with E-state index in [-0.39, 0.29) is 0 Å². The highest BCUT2D eigenvalue weighted by Gasteiger charge is 2.15. The fourth-order valence-corrected chi connectivity index (χ4v) is 1.98. The third-order valence-corrected chi connectivity index (χ3v) is 2.99. The molecule has 0 fully saturated rings. The van der Waals surface area contributed by atoms with Crippen molar-refractivity contribution >= 4 is 17.6 Å². The van der Waals surface area contributed by atoms with E-state index in [2.05, 4.69) is 30.8 Å². The van der Waals surface area contributed by atoms with Crippen LogP contribution in [0.25, 0.3) is 0 Å². The van der Waals surface area contributed by atoms with E-state index >= 15 is 0 Å². The second-order valence-electron chi connectivity index (χ2n) is 3.00. The highest BCUT2D eigenvalue weighted by atomic mass is 32.2. The van der Waals surface area contributed by atoms with Gasteiger partial charge in [-0.05, 0) is 22.2 Å². The Labute approximate surface area is 102 Å². The smallest absolute Gasteiger partial charge is 0.215 e. The van der Waals surface area contributed by atoms with Crippen LogP contribution in [-0.4, -0.2) is 44.3 Å². The van der Waals surface area contributed by atoms with Crippen LogP contribution in [0.2, 0.25) is 0 Å². The van der Waals surface area contributed by atoms with E-state index < -0.39 is 0 Å². The van der Waals surface area contributed by atoms with Gasteiger partial charge in [0.05, 0.1) is 7.11 Å². The predicted molar refractivity (Wildman–Crippen MR) is 61.1 cm³/mol. The topological polar surface area (TPSA) is 90.6 Å². The molecule has 0 aromatic carbocycles. The summed E-state index contributed by atoms with van der Waals surface area (Å²) < 4.78 is 6.83. The summed E-state index contributed by atoms with van der Waals surface area (Å²) >= 11 is 1.31. The quantitative estimate of drug-likeness (QED) is 0.773. The lowest BCUT2D eigenvalue weighted by atomic mass is 10.5. The molecule has 8 nitrogen and oxygen atoms in total. The summed E-state index contributed by atoms with van der Waals surface area (Å²) in [5, 5.41) is 15.4. The van der Waals surface area contributed by atoms with Crippen LogP contribution in [0.1, 0.15) is 0 Å². The lowest BCUT2D eigenvalue weighted by molar-refractivity contribution is 0.400. The normalized spacial score (nSPS) is 10.3. The molecule has 0 saturated carbocycles. The maximum atomic E-state index is 5.27. The Bertz CT molecular complexity index is 514. The molecule has 0 unspecified atom stereocenters. The van der Waals surface area contributed by atoms with Gasteiger partial charge in [0.1, 0.15) is 6.33 Å². The number of rotatable bonds is 4. The minimum atomic E-state index is 0.572. The van der Waals surface area contributed by atoms with Crippen LogP contribution >= 0.6 is 11.8 Å².